The van der Waals surface area contributed by atoms with Crippen LogP contribution in [0, 0.1) is 0 Å². The number of aliphatic carboxylic acids is 1. The maximum atomic E-state index is 12.1. The Morgan fingerprint density at radius 2 is 1.52 bits per heavy atom. The lowest BCUT2D eigenvalue weighted by Gasteiger charge is -2.10. The largest absolute Gasteiger partial charge is 0.481 e. The standard InChI is InChI=1S/C15H15NO4S/c17-15(18)10-12-6-4-5-7-13(12)11-16-21(19,20)14-8-2-1-3-9-14/h1-9,16H,10-11H2,(H,17,18). The molecule has 0 bridgehead atoms. The van der Waals surface area contributed by atoms with Crippen molar-refractivity contribution in [2.75, 3.05) is 0 Å². The van der Waals surface area contributed by atoms with Gasteiger partial charge in [-0.25, -0.2) is 13.1 Å². The summed E-state index contributed by atoms with van der Waals surface area (Å²) in [6.45, 7) is 0.0562. The molecular weight excluding hydrogens is 290 g/mol. The van der Waals surface area contributed by atoms with Gasteiger partial charge in [0.25, 0.3) is 0 Å². The molecule has 0 aliphatic carbocycles. The predicted molar refractivity (Wildman–Crippen MR) is 78.2 cm³/mol. The number of sulfonamides is 1. The fraction of sp³-hybridized carbons (Fsp3) is 0.133. The Hall–Kier alpha value is -2.18. The van der Waals surface area contributed by atoms with Crippen LogP contribution in [-0.2, 0) is 27.8 Å². The van der Waals surface area contributed by atoms with Crippen molar-refractivity contribution in [1.82, 2.24) is 4.72 Å². The van der Waals surface area contributed by atoms with Crippen LogP contribution in [-0.4, -0.2) is 19.5 Å². The van der Waals surface area contributed by atoms with Crippen molar-refractivity contribution >= 4 is 16.0 Å². The maximum absolute atomic E-state index is 12.1. The van der Waals surface area contributed by atoms with Crippen LogP contribution in [0.15, 0.2) is 59.5 Å². The maximum Gasteiger partial charge on any atom is 0.307 e. The summed E-state index contributed by atoms with van der Waals surface area (Å²) in [6.07, 6.45) is -0.136. The Morgan fingerprint density at radius 1 is 0.952 bits per heavy atom. The third-order valence-corrected chi connectivity index (χ3v) is 4.38. The summed E-state index contributed by atoms with van der Waals surface area (Å²) in [5, 5.41) is 8.86. The quantitative estimate of drug-likeness (QED) is 0.852. The van der Waals surface area contributed by atoms with Gasteiger partial charge in [0.1, 0.15) is 0 Å². The van der Waals surface area contributed by atoms with E-state index in [0.29, 0.717) is 11.1 Å². The Morgan fingerprint density at radius 3 is 2.14 bits per heavy atom. The average molecular weight is 305 g/mol. The zero-order chi connectivity index (χ0) is 15.3. The third-order valence-electron chi connectivity index (χ3n) is 2.97. The molecule has 2 aromatic carbocycles. The van der Waals surface area contributed by atoms with Gasteiger partial charge in [-0.05, 0) is 23.3 Å². The van der Waals surface area contributed by atoms with E-state index in [1.165, 1.54) is 12.1 Å². The Balaban J connectivity index is 2.15. The minimum Gasteiger partial charge on any atom is -0.481 e. The third kappa shape index (κ3) is 4.14. The normalized spacial score (nSPS) is 11.2. The molecule has 2 rings (SSSR count). The number of carbonyl (C=O) groups is 1. The highest BCUT2D eigenvalue weighted by Gasteiger charge is 2.14. The first kappa shape index (κ1) is 15.2. The van der Waals surface area contributed by atoms with Gasteiger partial charge in [-0.15, -0.1) is 0 Å². The van der Waals surface area contributed by atoms with Crippen molar-refractivity contribution in [1.29, 1.82) is 0 Å². The van der Waals surface area contributed by atoms with E-state index in [9.17, 15) is 13.2 Å². The number of hydrogen-bond acceptors (Lipinski definition) is 3. The minimum absolute atomic E-state index is 0.0562. The minimum atomic E-state index is -3.60. The monoisotopic (exact) mass is 305 g/mol. The van der Waals surface area contributed by atoms with Crippen molar-refractivity contribution in [3.05, 3.63) is 65.7 Å². The SMILES string of the molecule is O=C(O)Cc1ccccc1CNS(=O)(=O)c1ccccc1. The Kier molecular flexibility index (Phi) is 4.72. The lowest BCUT2D eigenvalue weighted by Crippen LogP contribution is -2.24. The Labute approximate surface area is 123 Å². The molecule has 0 fully saturated rings. The van der Waals surface area contributed by atoms with Crippen LogP contribution < -0.4 is 4.72 Å². The van der Waals surface area contributed by atoms with E-state index >= 15 is 0 Å². The first-order valence-corrected chi connectivity index (χ1v) is 7.80. The molecule has 0 aliphatic heterocycles. The van der Waals surface area contributed by atoms with Gasteiger partial charge in [0.05, 0.1) is 11.3 Å². The molecule has 2 N–H and O–H groups in total. The summed E-state index contributed by atoms with van der Waals surface area (Å²) in [5.41, 5.74) is 1.25. The molecule has 0 saturated heterocycles. The van der Waals surface area contributed by atoms with Crippen LogP contribution in [0.25, 0.3) is 0 Å². The van der Waals surface area contributed by atoms with Crippen molar-refractivity contribution in [3.8, 4) is 0 Å². The van der Waals surface area contributed by atoms with Crippen LogP contribution in [0.4, 0.5) is 0 Å². The lowest BCUT2D eigenvalue weighted by molar-refractivity contribution is -0.136. The second kappa shape index (κ2) is 6.51. The van der Waals surface area contributed by atoms with E-state index in [1.54, 1.807) is 42.5 Å². The number of carboxylic acid groups (broad SMARTS) is 1. The van der Waals surface area contributed by atoms with E-state index in [2.05, 4.69) is 4.72 Å². The molecule has 0 saturated carbocycles. The second-order valence-corrected chi connectivity index (χ2v) is 6.24. The van der Waals surface area contributed by atoms with Crippen molar-refractivity contribution < 1.29 is 18.3 Å². The van der Waals surface area contributed by atoms with Crippen LogP contribution >= 0.6 is 0 Å². The van der Waals surface area contributed by atoms with Crippen molar-refractivity contribution in [2.45, 2.75) is 17.9 Å². The van der Waals surface area contributed by atoms with Crippen LogP contribution in [0.1, 0.15) is 11.1 Å². The molecule has 5 nitrogen and oxygen atoms in total. The van der Waals surface area contributed by atoms with Crippen molar-refractivity contribution in [3.63, 3.8) is 0 Å². The molecule has 0 amide bonds. The fourth-order valence-electron chi connectivity index (χ4n) is 1.92. The molecular formula is C15H15NO4S. The van der Waals surface area contributed by atoms with E-state index < -0.39 is 16.0 Å². The average Bonchev–Trinajstić information content (AvgIpc) is 2.47. The highest BCUT2D eigenvalue weighted by molar-refractivity contribution is 7.89. The van der Waals surface area contributed by atoms with Crippen LogP contribution in [0.3, 0.4) is 0 Å². The zero-order valence-electron chi connectivity index (χ0n) is 11.2. The second-order valence-electron chi connectivity index (χ2n) is 4.48. The number of rotatable bonds is 6. The summed E-state index contributed by atoms with van der Waals surface area (Å²) in [6, 6.07) is 14.9. The van der Waals surface area contributed by atoms with E-state index in [0.717, 1.165) is 0 Å². The van der Waals surface area contributed by atoms with Gasteiger partial charge in [-0.3, -0.25) is 4.79 Å². The number of benzene rings is 2. The van der Waals surface area contributed by atoms with Gasteiger partial charge in [0.2, 0.25) is 10.0 Å². The highest BCUT2D eigenvalue weighted by atomic mass is 32.2. The van der Waals surface area contributed by atoms with Gasteiger partial charge < -0.3 is 5.11 Å². The molecule has 21 heavy (non-hydrogen) atoms. The first-order chi connectivity index (χ1) is 9.99. The molecule has 0 aliphatic rings. The molecule has 0 atom stereocenters. The smallest absolute Gasteiger partial charge is 0.307 e. The number of hydrogen-bond donors (Lipinski definition) is 2. The van der Waals surface area contributed by atoms with E-state index in [-0.39, 0.29) is 17.9 Å². The highest BCUT2D eigenvalue weighted by Crippen LogP contribution is 2.12. The number of carboxylic acids is 1. The summed E-state index contributed by atoms with van der Waals surface area (Å²) in [4.78, 5) is 11.0. The molecule has 0 radical (unpaired) electrons. The predicted octanol–water partition coefficient (Wildman–Crippen LogP) is 1.79. The Bertz CT molecular complexity index is 726. The molecule has 6 heteroatoms. The summed E-state index contributed by atoms with van der Waals surface area (Å²) < 4.78 is 26.7. The van der Waals surface area contributed by atoms with Crippen molar-refractivity contribution in [2.24, 2.45) is 0 Å². The lowest BCUT2D eigenvalue weighted by atomic mass is 10.1. The van der Waals surface area contributed by atoms with E-state index in [4.69, 9.17) is 5.11 Å². The van der Waals surface area contributed by atoms with Gasteiger partial charge in [0.15, 0.2) is 0 Å². The summed E-state index contributed by atoms with van der Waals surface area (Å²) in [5.74, 6) is -0.951. The zero-order valence-corrected chi connectivity index (χ0v) is 12.0. The molecule has 2 aromatic rings. The molecule has 0 heterocycles. The topological polar surface area (TPSA) is 83.5 Å². The molecule has 0 spiro atoms. The molecule has 0 aromatic heterocycles. The summed E-state index contributed by atoms with van der Waals surface area (Å²) >= 11 is 0. The number of nitrogens with one attached hydrogen (secondary N) is 1. The van der Waals surface area contributed by atoms with Gasteiger partial charge in [0, 0.05) is 6.54 Å². The fourth-order valence-corrected chi connectivity index (χ4v) is 2.95. The molecule has 110 valence electrons. The summed E-state index contributed by atoms with van der Waals surface area (Å²) in [7, 11) is -3.60. The molecule has 0 unspecified atom stereocenters. The van der Waals surface area contributed by atoms with Gasteiger partial charge in [-0.2, -0.15) is 0 Å². The van der Waals surface area contributed by atoms with E-state index in [1.807, 2.05) is 0 Å². The first-order valence-electron chi connectivity index (χ1n) is 6.32. The van der Waals surface area contributed by atoms with Gasteiger partial charge >= 0.3 is 5.97 Å². The van der Waals surface area contributed by atoms with Gasteiger partial charge in [-0.1, -0.05) is 42.5 Å². The van der Waals surface area contributed by atoms with Crippen LogP contribution in [0.5, 0.6) is 0 Å². The van der Waals surface area contributed by atoms with Crippen LogP contribution in [0.2, 0.25) is 0 Å².